The number of ether oxygens (including phenoxy) is 2. The molecule has 130 valence electrons. The van der Waals surface area contributed by atoms with E-state index in [4.69, 9.17) is 9.47 Å². The lowest BCUT2D eigenvalue weighted by molar-refractivity contribution is -0.130. The van der Waals surface area contributed by atoms with Crippen LogP contribution in [0.1, 0.15) is 44.6 Å². The lowest BCUT2D eigenvalue weighted by Crippen LogP contribution is -2.29. The van der Waals surface area contributed by atoms with E-state index in [1.807, 2.05) is 31.2 Å². The number of amides is 2. The number of unbranched alkanes of at least 4 members (excludes halogenated alkanes) is 1. The molecule has 6 heteroatoms. The number of nitrogens with zero attached hydrogens (tertiary/aromatic N) is 1. The van der Waals surface area contributed by atoms with Crippen molar-refractivity contribution < 1.29 is 19.1 Å². The molecule has 2 rings (SSSR count). The lowest BCUT2D eigenvalue weighted by Gasteiger charge is -2.07. The molecule has 0 radical (unpaired) electrons. The zero-order valence-corrected chi connectivity index (χ0v) is 14.0. The minimum atomic E-state index is -0.213. The minimum Gasteiger partial charge on any atom is -0.494 e. The molecule has 1 aliphatic heterocycles. The molecule has 1 aliphatic rings. The predicted octanol–water partition coefficient (Wildman–Crippen LogP) is 2.46. The third-order valence-electron chi connectivity index (χ3n) is 3.51. The van der Waals surface area contributed by atoms with Gasteiger partial charge in [0.1, 0.15) is 12.4 Å². The third kappa shape index (κ3) is 6.02. The number of nitrogens with one attached hydrogen (secondary N) is 1. The van der Waals surface area contributed by atoms with Gasteiger partial charge in [0.25, 0.3) is 0 Å². The third-order valence-corrected chi connectivity index (χ3v) is 3.51. The number of benzene rings is 1. The maximum absolute atomic E-state index is 11.5. The topological polar surface area (TPSA) is 77.0 Å². The van der Waals surface area contributed by atoms with Gasteiger partial charge in [-0.25, -0.2) is 4.99 Å². The molecular formula is C18H24N2O4. The van der Waals surface area contributed by atoms with Crippen molar-refractivity contribution in [1.29, 1.82) is 0 Å². The van der Waals surface area contributed by atoms with Crippen molar-refractivity contribution >= 4 is 17.7 Å². The molecule has 0 fully saturated rings. The summed E-state index contributed by atoms with van der Waals surface area (Å²) < 4.78 is 11.1. The first kappa shape index (κ1) is 18.0. The molecule has 1 aromatic carbocycles. The molecule has 0 saturated heterocycles. The van der Waals surface area contributed by atoms with Crippen LogP contribution in [0.5, 0.6) is 5.75 Å². The Labute approximate surface area is 142 Å². The molecular weight excluding hydrogens is 308 g/mol. The molecule has 0 atom stereocenters. The molecule has 2 amide bonds. The summed E-state index contributed by atoms with van der Waals surface area (Å²) in [7, 11) is 0. The highest BCUT2D eigenvalue weighted by Gasteiger charge is 2.10. The quantitative estimate of drug-likeness (QED) is 0.705. The summed E-state index contributed by atoms with van der Waals surface area (Å²) in [5, 5.41) is 2.38. The van der Waals surface area contributed by atoms with E-state index in [0.717, 1.165) is 24.2 Å². The van der Waals surface area contributed by atoms with Gasteiger partial charge in [-0.2, -0.15) is 0 Å². The van der Waals surface area contributed by atoms with E-state index in [1.165, 1.54) is 0 Å². The highest BCUT2D eigenvalue weighted by atomic mass is 16.5. The van der Waals surface area contributed by atoms with E-state index < -0.39 is 0 Å². The Bertz CT molecular complexity index is 581. The summed E-state index contributed by atoms with van der Waals surface area (Å²) >= 11 is 0. The average molecular weight is 332 g/mol. The molecule has 1 aromatic rings. The van der Waals surface area contributed by atoms with Crippen LogP contribution in [0.4, 0.5) is 0 Å². The van der Waals surface area contributed by atoms with Crippen LogP contribution in [0.25, 0.3) is 0 Å². The van der Waals surface area contributed by atoms with E-state index in [9.17, 15) is 9.59 Å². The molecule has 24 heavy (non-hydrogen) atoms. The summed E-state index contributed by atoms with van der Waals surface area (Å²) in [6.45, 7) is 3.80. The lowest BCUT2D eigenvalue weighted by atomic mass is 10.2. The van der Waals surface area contributed by atoms with Gasteiger partial charge in [0.05, 0.1) is 13.2 Å². The van der Waals surface area contributed by atoms with Gasteiger partial charge >= 0.3 is 0 Å². The van der Waals surface area contributed by atoms with Gasteiger partial charge in [0.2, 0.25) is 17.7 Å². The summed E-state index contributed by atoms with van der Waals surface area (Å²) in [6.07, 6.45) is 2.92. The number of imide groups is 1. The fourth-order valence-corrected chi connectivity index (χ4v) is 2.29. The zero-order chi connectivity index (χ0) is 17.2. The Balaban J connectivity index is 1.60. The second-order valence-electron chi connectivity index (χ2n) is 5.59. The van der Waals surface area contributed by atoms with Crippen LogP contribution in [0.15, 0.2) is 29.3 Å². The van der Waals surface area contributed by atoms with Crippen molar-refractivity contribution in [2.75, 3.05) is 19.8 Å². The SMILES string of the molecule is CCCC(=O)NC(=O)CCCCOc1ccc(C2=NCCO2)cc1. The standard InChI is InChI=1S/C18H24N2O4/c1-2-5-16(21)20-17(22)6-3-4-12-23-15-9-7-14(8-10-15)18-19-11-13-24-18/h7-10H,2-6,11-13H2,1H3,(H,20,21,22). The van der Waals surface area contributed by atoms with Crippen molar-refractivity contribution in [1.82, 2.24) is 5.32 Å². The first-order valence-electron chi connectivity index (χ1n) is 8.42. The van der Waals surface area contributed by atoms with Crippen LogP contribution in [-0.4, -0.2) is 37.5 Å². The monoisotopic (exact) mass is 332 g/mol. The number of hydrogen-bond donors (Lipinski definition) is 1. The van der Waals surface area contributed by atoms with Crippen LogP contribution in [0.2, 0.25) is 0 Å². The van der Waals surface area contributed by atoms with Crippen LogP contribution < -0.4 is 10.1 Å². The Kier molecular flexibility index (Phi) is 7.26. The van der Waals surface area contributed by atoms with Crippen molar-refractivity contribution in [3.05, 3.63) is 29.8 Å². The molecule has 1 heterocycles. The second-order valence-corrected chi connectivity index (χ2v) is 5.59. The largest absolute Gasteiger partial charge is 0.494 e. The van der Waals surface area contributed by atoms with Gasteiger partial charge in [-0.1, -0.05) is 6.92 Å². The van der Waals surface area contributed by atoms with E-state index in [2.05, 4.69) is 10.3 Å². The van der Waals surface area contributed by atoms with Crippen LogP contribution in [0, 0.1) is 0 Å². The Morgan fingerprint density at radius 1 is 1.17 bits per heavy atom. The van der Waals surface area contributed by atoms with E-state index in [0.29, 0.717) is 44.9 Å². The second kappa shape index (κ2) is 9.70. The predicted molar refractivity (Wildman–Crippen MR) is 91.2 cm³/mol. The number of aliphatic imine (C=N–C) groups is 1. The fraction of sp³-hybridized carbons (Fsp3) is 0.500. The minimum absolute atomic E-state index is 0.199. The summed E-state index contributed by atoms with van der Waals surface area (Å²) in [6, 6.07) is 7.61. The Morgan fingerprint density at radius 3 is 2.58 bits per heavy atom. The first-order valence-corrected chi connectivity index (χ1v) is 8.42. The van der Waals surface area contributed by atoms with E-state index in [-0.39, 0.29) is 11.8 Å². The number of carbonyl (C=O) groups is 2. The van der Waals surface area contributed by atoms with Gasteiger partial charge in [-0.3, -0.25) is 14.9 Å². The normalized spacial score (nSPS) is 13.1. The molecule has 0 spiro atoms. The summed E-state index contributed by atoms with van der Waals surface area (Å²) in [4.78, 5) is 27.1. The van der Waals surface area contributed by atoms with Gasteiger partial charge in [-0.05, 0) is 43.5 Å². The number of carbonyl (C=O) groups excluding carboxylic acids is 2. The highest BCUT2D eigenvalue weighted by Crippen LogP contribution is 2.15. The van der Waals surface area contributed by atoms with Crippen LogP contribution >= 0.6 is 0 Å². The van der Waals surface area contributed by atoms with Gasteiger partial charge in [-0.15, -0.1) is 0 Å². The molecule has 0 unspecified atom stereocenters. The summed E-state index contributed by atoms with van der Waals surface area (Å²) in [5.74, 6) is 1.05. The molecule has 1 N–H and O–H groups in total. The zero-order valence-electron chi connectivity index (χ0n) is 14.0. The highest BCUT2D eigenvalue weighted by molar-refractivity contribution is 5.95. The van der Waals surface area contributed by atoms with Crippen molar-refractivity contribution in [3.8, 4) is 5.75 Å². The smallest absolute Gasteiger partial charge is 0.226 e. The molecule has 0 saturated carbocycles. The number of rotatable bonds is 9. The molecule has 0 aliphatic carbocycles. The average Bonchev–Trinajstić information content (AvgIpc) is 3.10. The van der Waals surface area contributed by atoms with Crippen LogP contribution in [-0.2, 0) is 14.3 Å². The maximum atomic E-state index is 11.5. The van der Waals surface area contributed by atoms with E-state index in [1.54, 1.807) is 0 Å². The molecule has 0 aromatic heterocycles. The van der Waals surface area contributed by atoms with Gasteiger partial charge in [0, 0.05) is 18.4 Å². The number of hydrogen-bond acceptors (Lipinski definition) is 5. The first-order chi connectivity index (χ1) is 11.7. The Morgan fingerprint density at radius 2 is 1.92 bits per heavy atom. The van der Waals surface area contributed by atoms with Crippen molar-refractivity contribution in [2.45, 2.75) is 39.0 Å². The van der Waals surface area contributed by atoms with Gasteiger partial charge < -0.3 is 9.47 Å². The molecule has 6 nitrogen and oxygen atoms in total. The maximum Gasteiger partial charge on any atom is 0.226 e. The van der Waals surface area contributed by atoms with Crippen LogP contribution in [0.3, 0.4) is 0 Å². The Hall–Kier alpha value is -2.37. The summed E-state index contributed by atoms with van der Waals surface area (Å²) in [5.41, 5.74) is 0.952. The fourth-order valence-electron chi connectivity index (χ4n) is 2.29. The van der Waals surface area contributed by atoms with Crippen molar-refractivity contribution in [3.63, 3.8) is 0 Å². The van der Waals surface area contributed by atoms with Gasteiger partial charge in [0.15, 0.2) is 0 Å². The molecule has 0 bridgehead atoms. The van der Waals surface area contributed by atoms with Crippen molar-refractivity contribution in [2.24, 2.45) is 4.99 Å². The van der Waals surface area contributed by atoms with E-state index >= 15 is 0 Å².